The number of likely N-dealkylation sites (tertiary alicyclic amines) is 1. The fourth-order valence-corrected chi connectivity index (χ4v) is 4.73. The van der Waals surface area contributed by atoms with Gasteiger partial charge in [-0.1, -0.05) is 38.1 Å². The molecule has 1 fully saturated rings. The predicted octanol–water partition coefficient (Wildman–Crippen LogP) is 4.46. The smallest absolute Gasteiger partial charge is 0.191 e. The number of nitrogens with one attached hydrogen (secondary N) is 2. The van der Waals surface area contributed by atoms with Crippen LogP contribution in [0.2, 0.25) is 0 Å². The zero-order valence-electron chi connectivity index (χ0n) is 18.5. The van der Waals surface area contributed by atoms with Gasteiger partial charge in [-0.25, -0.2) is 4.98 Å². The van der Waals surface area contributed by atoms with E-state index < -0.39 is 0 Å². The molecule has 1 aromatic heterocycles. The molecule has 1 unspecified atom stereocenters. The molecule has 2 N–H and O–H groups in total. The topological polar surface area (TPSA) is 52.6 Å². The molecule has 1 aliphatic heterocycles. The van der Waals surface area contributed by atoms with Crippen LogP contribution in [0, 0.1) is 5.92 Å². The highest BCUT2D eigenvalue weighted by atomic mass is 127. The molecule has 7 heteroatoms. The first-order valence-corrected chi connectivity index (χ1v) is 11.7. The Morgan fingerprint density at radius 2 is 2.07 bits per heavy atom. The molecule has 1 aromatic carbocycles. The number of hydrogen-bond donors (Lipinski definition) is 2. The Kier molecular flexibility index (Phi) is 11.1. The van der Waals surface area contributed by atoms with Gasteiger partial charge < -0.3 is 10.6 Å². The van der Waals surface area contributed by atoms with Crippen LogP contribution in [0.4, 0.5) is 0 Å². The average Bonchev–Trinajstić information content (AvgIpc) is 3.19. The Balaban J connectivity index is 0.00000320. The fourth-order valence-electron chi connectivity index (χ4n) is 3.87. The first kappa shape index (κ1) is 25.1. The Labute approximate surface area is 202 Å². The van der Waals surface area contributed by atoms with E-state index in [0.717, 1.165) is 44.4 Å². The van der Waals surface area contributed by atoms with Crippen LogP contribution in [0.5, 0.6) is 0 Å². The molecule has 3 rings (SSSR count). The van der Waals surface area contributed by atoms with Gasteiger partial charge in [-0.05, 0) is 42.9 Å². The zero-order chi connectivity index (χ0) is 20.5. The van der Waals surface area contributed by atoms with Crippen molar-refractivity contribution in [2.24, 2.45) is 10.9 Å². The fraction of sp³-hybridized carbons (Fsp3) is 0.565. The van der Waals surface area contributed by atoms with Crippen LogP contribution >= 0.6 is 35.3 Å². The molecule has 30 heavy (non-hydrogen) atoms. The summed E-state index contributed by atoms with van der Waals surface area (Å²) in [5.74, 6) is 1.65. The average molecular weight is 542 g/mol. The number of thiazole rings is 1. The second-order valence-electron chi connectivity index (χ2n) is 7.93. The highest BCUT2D eigenvalue weighted by Crippen LogP contribution is 2.19. The Hall–Kier alpha value is -1.19. The third-order valence-corrected chi connectivity index (χ3v) is 6.71. The molecule has 2 aromatic rings. The molecular weight excluding hydrogens is 505 g/mol. The van der Waals surface area contributed by atoms with E-state index in [0.29, 0.717) is 0 Å². The van der Waals surface area contributed by atoms with Crippen LogP contribution in [0.15, 0.2) is 35.5 Å². The lowest BCUT2D eigenvalue weighted by molar-refractivity contribution is 0.176. The molecule has 1 saturated heterocycles. The van der Waals surface area contributed by atoms with Gasteiger partial charge in [0.25, 0.3) is 0 Å². The summed E-state index contributed by atoms with van der Waals surface area (Å²) >= 11 is 1.80. The van der Waals surface area contributed by atoms with E-state index in [4.69, 9.17) is 0 Å². The van der Waals surface area contributed by atoms with E-state index >= 15 is 0 Å². The summed E-state index contributed by atoms with van der Waals surface area (Å²) in [5, 5.41) is 8.08. The van der Waals surface area contributed by atoms with Crippen LogP contribution < -0.4 is 10.6 Å². The van der Waals surface area contributed by atoms with Crippen molar-refractivity contribution in [2.45, 2.75) is 52.6 Å². The molecular formula is C23H36IN5S. The van der Waals surface area contributed by atoms with Crippen LogP contribution in [0.25, 0.3) is 0 Å². The number of hydrogen-bond acceptors (Lipinski definition) is 4. The summed E-state index contributed by atoms with van der Waals surface area (Å²) in [6, 6.07) is 8.77. The van der Waals surface area contributed by atoms with Crippen LogP contribution in [-0.2, 0) is 25.9 Å². The number of nitrogens with zero attached hydrogens (tertiary/aromatic N) is 3. The number of halogens is 1. The van der Waals surface area contributed by atoms with E-state index in [2.05, 4.69) is 63.6 Å². The maximum Gasteiger partial charge on any atom is 0.191 e. The normalized spacial score (nSPS) is 17.4. The van der Waals surface area contributed by atoms with Crippen molar-refractivity contribution in [3.63, 3.8) is 0 Å². The zero-order valence-corrected chi connectivity index (χ0v) is 21.6. The second kappa shape index (κ2) is 13.3. The minimum atomic E-state index is 0. The van der Waals surface area contributed by atoms with E-state index in [-0.39, 0.29) is 24.0 Å². The molecule has 1 aliphatic rings. The van der Waals surface area contributed by atoms with Gasteiger partial charge >= 0.3 is 0 Å². The number of aliphatic imine (C=N–C) groups is 1. The molecule has 2 heterocycles. The lowest BCUT2D eigenvalue weighted by Gasteiger charge is -2.31. The summed E-state index contributed by atoms with van der Waals surface area (Å²) in [4.78, 5) is 12.8. The summed E-state index contributed by atoms with van der Waals surface area (Å²) in [6.07, 6.45) is 6.66. The molecule has 1 atom stereocenters. The van der Waals surface area contributed by atoms with Crippen molar-refractivity contribution in [1.29, 1.82) is 0 Å². The van der Waals surface area contributed by atoms with Crippen molar-refractivity contribution >= 4 is 41.3 Å². The third kappa shape index (κ3) is 7.81. The van der Waals surface area contributed by atoms with Crippen molar-refractivity contribution in [3.05, 3.63) is 51.5 Å². The van der Waals surface area contributed by atoms with Crippen molar-refractivity contribution < 1.29 is 0 Å². The quantitative estimate of drug-likeness (QED) is 0.295. The summed E-state index contributed by atoms with van der Waals surface area (Å²) < 4.78 is 0. The SMILES string of the molecule is CCc1cnc(CCNC(=NC)NCc2ccccc2CN2CCCC(C)C2)s1.I. The molecule has 0 amide bonds. The van der Waals surface area contributed by atoms with Crippen molar-refractivity contribution in [3.8, 4) is 0 Å². The number of aryl methyl sites for hydroxylation is 1. The Morgan fingerprint density at radius 1 is 1.27 bits per heavy atom. The highest BCUT2D eigenvalue weighted by Gasteiger charge is 2.17. The highest BCUT2D eigenvalue weighted by molar-refractivity contribution is 14.0. The predicted molar refractivity (Wildman–Crippen MR) is 139 cm³/mol. The summed E-state index contributed by atoms with van der Waals surface area (Å²) in [7, 11) is 1.83. The number of benzene rings is 1. The second-order valence-corrected chi connectivity index (χ2v) is 9.13. The molecule has 0 bridgehead atoms. The van der Waals surface area contributed by atoms with Crippen LogP contribution in [0.1, 0.15) is 47.7 Å². The lowest BCUT2D eigenvalue weighted by atomic mass is 9.99. The first-order chi connectivity index (χ1) is 14.2. The molecule has 0 aliphatic carbocycles. The van der Waals surface area contributed by atoms with Gasteiger partial charge in [-0.2, -0.15) is 0 Å². The van der Waals surface area contributed by atoms with E-state index in [9.17, 15) is 0 Å². The molecule has 0 saturated carbocycles. The van der Waals surface area contributed by atoms with Crippen LogP contribution in [0.3, 0.4) is 0 Å². The maximum absolute atomic E-state index is 4.49. The standard InChI is InChI=1S/C23H35N5S.HI/c1-4-21-15-26-22(29-21)11-12-25-23(24-3)27-14-19-9-5-6-10-20(19)17-28-13-7-8-18(2)16-28;/h5-6,9-10,15,18H,4,7-8,11-14,16-17H2,1-3H3,(H2,24,25,27);1H. The molecule has 5 nitrogen and oxygen atoms in total. The van der Waals surface area contributed by atoms with Gasteiger partial charge in [-0.3, -0.25) is 9.89 Å². The number of aromatic nitrogens is 1. The van der Waals surface area contributed by atoms with Gasteiger partial charge in [0.1, 0.15) is 0 Å². The monoisotopic (exact) mass is 541 g/mol. The largest absolute Gasteiger partial charge is 0.356 e. The van der Waals surface area contributed by atoms with Gasteiger partial charge in [0.05, 0.1) is 5.01 Å². The summed E-state index contributed by atoms with van der Waals surface area (Å²) in [5.41, 5.74) is 2.76. The van der Waals surface area contributed by atoms with Crippen molar-refractivity contribution in [1.82, 2.24) is 20.5 Å². The first-order valence-electron chi connectivity index (χ1n) is 10.8. The van der Waals surface area contributed by atoms with E-state index in [1.165, 1.54) is 46.9 Å². The maximum atomic E-state index is 4.49. The Bertz CT molecular complexity index is 791. The summed E-state index contributed by atoms with van der Waals surface area (Å²) in [6.45, 7) is 9.63. The Morgan fingerprint density at radius 3 is 2.77 bits per heavy atom. The lowest BCUT2D eigenvalue weighted by Crippen LogP contribution is -2.38. The molecule has 0 radical (unpaired) electrons. The van der Waals surface area contributed by atoms with Crippen LogP contribution in [-0.4, -0.2) is 42.5 Å². The van der Waals surface area contributed by atoms with Gasteiger partial charge in [0.15, 0.2) is 5.96 Å². The van der Waals surface area contributed by atoms with E-state index in [1.807, 2.05) is 13.2 Å². The molecule has 0 spiro atoms. The van der Waals surface area contributed by atoms with Gasteiger partial charge in [-0.15, -0.1) is 35.3 Å². The minimum Gasteiger partial charge on any atom is -0.356 e. The number of rotatable bonds is 8. The van der Waals surface area contributed by atoms with E-state index in [1.54, 1.807) is 11.3 Å². The number of piperidine rings is 1. The third-order valence-electron chi connectivity index (χ3n) is 5.50. The molecule has 166 valence electrons. The van der Waals surface area contributed by atoms with Gasteiger partial charge in [0, 0.05) is 50.7 Å². The minimum absolute atomic E-state index is 0. The van der Waals surface area contributed by atoms with Gasteiger partial charge in [0.2, 0.25) is 0 Å². The number of guanidine groups is 1. The van der Waals surface area contributed by atoms with Crippen molar-refractivity contribution in [2.75, 3.05) is 26.7 Å².